The fourth-order valence-electron chi connectivity index (χ4n) is 5.72. The van der Waals surface area contributed by atoms with Gasteiger partial charge in [-0.05, 0) is 47.2 Å². The maximum absolute atomic E-state index is 14.1. The Kier molecular flexibility index (Phi) is 6.01. The van der Waals surface area contributed by atoms with Crippen LogP contribution in [0.3, 0.4) is 0 Å². The largest absolute Gasteiger partial charge is 0.372 e. The molecule has 1 aromatic heterocycles. The fraction of sp³-hybridized carbons (Fsp3) is 0.241. The highest BCUT2D eigenvalue weighted by molar-refractivity contribution is 6.30. The smallest absolute Gasteiger partial charge is 0.264 e. The van der Waals surface area contributed by atoms with E-state index >= 15 is 0 Å². The highest BCUT2D eigenvalue weighted by Crippen LogP contribution is 2.49. The minimum absolute atomic E-state index is 0.0991. The van der Waals surface area contributed by atoms with E-state index < -0.39 is 17.6 Å². The number of carbonyl (C=O) groups excluding carboxylic acids is 2. The molecule has 1 aliphatic heterocycles. The number of amides is 2. The summed E-state index contributed by atoms with van der Waals surface area (Å²) in [5.74, 6) is -0.664. The molecule has 9 heteroatoms. The summed E-state index contributed by atoms with van der Waals surface area (Å²) >= 11 is 6.24. The molecule has 0 saturated carbocycles. The minimum Gasteiger partial charge on any atom is -0.372 e. The average molecular weight is 528 g/mol. The van der Waals surface area contributed by atoms with Crippen LogP contribution < -0.4 is 5.32 Å². The van der Waals surface area contributed by atoms with Gasteiger partial charge in [-0.2, -0.15) is 5.10 Å². The van der Waals surface area contributed by atoms with Crippen molar-refractivity contribution in [2.75, 3.05) is 6.54 Å². The molecular weight excluding hydrogens is 502 g/mol. The SMILES string of the molecule is C[C@H]1C[C@@H](C(=O)NCc2cc(Cl)ccc2-n2cncn2)N(C(=O)C2(O)c3ccccc3-c3ccccc32)C1. The molecule has 2 amide bonds. The predicted molar refractivity (Wildman–Crippen MR) is 142 cm³/mol. The molecule has 38 heavy (non-hydrogen) atoms. The van der Waals surface area contributed by atoms with E-state index in [9.17, 15) is 14.7 Å². The Labute approximate surface area is 224 Å². The Hall–Kier alpha value is -4.01. The van der Waals surface area contributed by atoms with Crippen molar-refractivity contribution in [3.05, 3.63) is 101 Å². The molecule has 2 aliphatic rings. The Balaban J connectivity index is 1.28. The predicted octanol–water partition coefficient (Wildman–Crippen LogP) is 3.69. The van der Waals surface area contributed by atoms with Crippen LogP contribution in [0.2, 0.25) is 5.02 Å². The fourth-order valence-corrected chi connectivity index (χ4v) is 5.92. The second-order valence-corrected chi connectivity index (χ2v) is 10.4. The molecule has 1 saturated heterocycles. The minimum atomic E-state index is -1.86. The number of nitrogens with one attached hydrogen (secondary N) is 1. The average Bonchev–Trinajstić information content (AvgIpc) is 3.66. The monoisotopic (exact) mass is 527 g/mol. The second-order valence-electron chi connectivity index (χ2n) is 9.95. The molecular formula is C29H26ClN5O3. The van der Waals surface area contributed by atoms with Crippen molar-refractivity contribution in [2.45, 2.75) is 31.5 Å². The van der Waals surface area contributed by atoms with Gasteiger partial charge in [0.1, 0.15) is 18.7 Å². The molecule has 6 rings (SSSR count). The Morgan fingerprint density at radius 2 is 1.76 bits per heavy atom. The molecule has 1 fully saturated rings. The van der Waals surface area contributed by atoms with E-state index in [-0.39, 0.29) is 18.4 Å². The number of benzene rings is 3. The van der Waals surface area contributed by atoms with Crippen molar-refractivity contribution in [2.24, 2.45) is 5.92 Å². The van der Waals surface area contributed by atoms with Crippen LogP contribution in [0.4, 0.5) is 0 Å². The van der Waals surface area contributed by atoms with Crippen LogP contribution in [0.5, 0.6) is 0 Å². The van der Waals surface area contributed by atoms with Crippen LogP contribution >= 0.6 is 11.6 Å². The van der Waals surface area contributed by atoms with Gasteiger partial charge < -0.3 is 15.3 Å². The lowest BCUT2D eigenvalue weighted by atomic mass is 9.89. The Morgan fingerprint density at radius 3 is 2.42 bits per heavy atom. The third-order valence-corrected chi connectivity index (χ3v) is 7.70. The van der Waals surface area contributed by atoms with Gasteiger partial charge in [0.05, 0.1) is 5.69 Å². The van der Waals surface area contributed by atoms with Crippen molar-refractivity contribution in [3.63, 3.8) is 0 Å². The molecule has 0 unspecified atom stereocenters. The summed E-state index contributed by atoms with van der Waals surface area (Å²) in [5.41, 5.74) is 2.39. The number of fused-ring (bicyclic) bond motifs is 3. The van der Waals surface area contributed by atoms with Crippen molar-refractivity contribution < 1.29 is 14.7 Å². The van der Waals surface area contributed by atoms with E-state index in [2.05, 4.69) is 15.4 Å². The van der Waals surface area contributed by atoms with Gasteiger partial charge in [-0.1, -0.05) is 67.1 Å². The van der Waals surface area contributed by atoms with E-state index in [4.69, 9.17) is 11.6 Å². The highest BCUT2D eigenvalue weighted by Gasteiger charge is 2.52. The molecule has 2 heterocycles. The summed E-state index contributed by atoms with van der Waals surface area (Å²) in [6.45, 7) is 2.58. The van der Waals surface area contributed by atoms with Gasteiger partial charge in [-0.15, -0.1) is 0 Å². The number of hydrogen-bond donors (Lipinski definition) is 2. The first-order valence-electron chi connectivity index (χ1n) is 12.5. The Bertz CT molecular complexity index is 1490. The third kappa shape index (κ3) is 3.88. The lowest BCUT2D eigenvalue weighted by Gasteiger charge is -2.33. The second kappa shape index (κ2) is 9.38. The molecule has 8 nitrogen and oxygen atoms in total. The standard InChI is InChI=1S/C29H26ClN5O3/c1-18-12-26(27(36)32-14-19-13-20(30)10-11-25(19)35-17-31-16-33-35)34(15-18)28(37)29(38)23-8-4-2-6-21(23)22-7-3-5-9-24(22)29/h2-11,13,16-18,26,38H,12,14-15H2,1H3,(H,32,36)/t18-,26-/m0/s1. The van der Waals surface area contributed by atoms with Crippen LogP contribution in [0.1, 0.15) is 30.0 Å². The van der Waals surface area contributed by atoms with Crippen molar-refractivity contribution >= 4 is 23.4 Å². The van der Waals surface area contributed by atoms with Gasteiger partial charge in [0.2, 0.25) is 5.91 Å². The molecule has 1 aliphatic carbocycles. The summed E-state index contributed by atoms with van der Waals surface area (Å²) in [6, 6.07) is 19.4. The number of aromatic nitrogens is 3. The molecule has 2 atom stereocenters. The molecule has 3 aromatic carbocycles. The maximum Gasteiger partial charge on any atom is 0.264 e. The zero-order valence-electron chi connectivity index (χ0n) is 20.7. The lowest BCUT2D eigenvalue weighted by molar-refractivity contribution is -0.151. The van der Waals surface area contributed by atoms with Gasteiger partial charge >= 0.3 is 0 Å². The first kappa shape index (κ1) is 24.3. The molecule has 0 radical (unpaired) electrons. The molecule has 0 spiro atoms. The van der Waals surface area contributed by atoms with E-state index in [1.807, 2.05) is 49.4 Å². The van der Waals surface area contributed by atoms with E-state index in [1.54, 1.807) is 35.3 Å². The summed E-state index contributed by atoms with van der Waals surface area (Å²) in [7, 11) is 0. The number of rotatable bonds is 5. The molecule has 0 bridgehead atoms. The summed E-state index contributed by atoms with van der Waals surface area (Å²) in [6.07, 6.45) is 3.51. The summed E-state index contributed by atoms with van der Waals surface area (Å²) < 4.78 is 1.61. The zero-order chi connectivity index (χ0) is 26.4. The lowest BCUT2D eigenvalue weighted by Crippen LogP contribution is -2.52. The van der Waals surface area contributed by atoms with Crippen LogP contribution in [0.25, 0.3) is 16.8 Å². The maximum atomic E-state index is 14.1. The molecule has 2 N–H and O–H groups in total. The van der Waals surface area contributed by atoms with Gasteiger partial charge in [0.15, 0.2) is 5.60 Å². The van der Waals surface area contributed by atoms with E-state index in [0.29, 0.717) is 29.1 Å². The number of nitrogens with zero attached hydrogens (tertiary/aromatic N) is 4. The van der Waals surface area contributed by atoms with Gasteiger partial charge in [0.25, 0.3) is 5.91 Å². The van der Waals surface area contributed by atoms with Crippen LogP contribution in [0.15, 0.2) is 79.4 Å². The quantitative estimate of drug-likeness (QED) is 0.412. The van der Waals surface area contributed by atoms with Crippen molar-refractivity contribution in [1.29, 1.82) is 0 Å². The number of likely N-dealkylation sites (tertiary alicyclic amines) is 1. The summed E-state index contributed by atoms with van der Waals surface area (Å²) in [4.78, 5) is 33.2. The molecule has 4 aromatic rings. The van der Waals surface area contributed by atoms with Gasteiger partial charge in [-0.3, -0.25) is 9.59 Å². The number of carbonyl (C=O) groups is 2. The van der Waals surface area contributed by atoms with Crippen molar-refractivity contribution in [1.82, 2.24) is 25.0 Å². The summed E-state index contributed by atoms with van der Waals surface area (Å²) in [5, 5.41) is 19.7. The molecule has 192 valence electrons. The first-order chi connectivity index (χ1) is 18.4. The Morgan fingerprint density at radius 1 is 1.08 bits per heavy atom. The van der Waals surface area contributed by atoms with Crippen LogP contribution in [0, 0.1) is 5.92 Å². The third-order valence-electron chi connectivity index (χ3n) is 7.47. The zero-order valence-corrected chi connectivity index (χ0v) is 21.5. The number of aliphatic hydroxyl groups is 1. The normalized spacial score (nSPS) is 19.2. The van der Waals surface area contributed by atoms with Gasteiger partial charge in [0, 0.05) is 29.2 Å². The first-order valence-corrected chi connectivity index (χ1v) is 12.9. The van der Waals surface area contributed by atoms with E-state index in [1.165, 1.54) is 11.2 Å². The van der Waals surface area contributed by atoms with Gasteiger partial charge in [-0.25, -0.2) is 9.67 Å². The van der Waals surface area contributed by atoms with Crippen LogP contribution in [-0.2, 0) is 21.7 Å². The van der Waals surface area contributed by atoms with Crippen molar-refractivity contribution in [3.8, 4) is 16.8 Å². The van der Waals surface area contributed by atoms with Crippen LogP contribution in [-0.4, -0.2) is 49.2 Å². The van der Waals surface area contributed by atoms with E-state index in [0.717, 1.165) is 22.4 Å². The number of halogens is 1. The topological polar surface area (TPSA) is 100 Å². The number of hydrogen-bond acceptors (Lipinski definition) is 5. The highest BCUT2D eigenvalue weighted by atomic mass is 35.5.